The quantitative estimate of drug-likeness (QED) is 0.806. The van der Waals surface area contributed by atoms with Gasteiger partial charge >= 0.3 is 12.0 Å². The van der Waals surface area contributed by atoms with E-state index in [2.05, 4.69) is 5.32 Å². The molecule has 2 unspecified atom stereocenters. The van der Waals surface area contributed by atoms with Crippen molar-refractivity contribution in [2.75, 3.05) is 20.2 Å². The number of hydrogen-bond acceptors (Lipinski definition) is 3. The highest BCUT2D eigenvalue weighted by atomic mass is 16.5. The Bertz CT molecular complexity index is 346. The van der Waals surface area contributed by atoms with E-state index >= 15 is 0 Å². The van der Waals surface area contributed by atoms with Crippen molar-refractivity contribution < 1.29 is 19.4 Å². The molecule has 20 heavy (non-hydrogen) atoms. The molecule has 2 N–H and O–H groups in total. The van der Waals surface area contributed by atoms with Crippen LogP contribution in [0, 0.1) is 5.41 Å². The van der Waals surface area contributed by atoms with Crippen LogP contribution in [-0.2, 0) is 9.53 Å². The molecular weight excluding hydrogens is 260 g/mol. The lowest BCUT2D eigenvalue weighted by Gasteiger charge is -2.32. The molecule has 2 atom stereocenters. The number of nitrogens with zero attached hydrogens (tertiary/aromatic N) is 1. The molecule has 0 saturated carbocycles. The maximum absolute atomic E-state index is 12.1. The largest absolute Gasteiger partial charge is 0.481 e. The molecule has 0 aromatic rings. The lowest BCUT2D eigenvalue weighted by atomic mass is 9.85. The van der Waals surface area contributed by atoms with E-state index in [4.69, 9.17) is 9.84 Å². The molecule has 0 aromatic heterocycles. The molecule has 116 valence electrons. The third-order valence-electron chi connectivity index (χ3n) is 3.57. The summed E-state index contributed by atoms with van der Waals surface area (Å²) >= 11 is 0. The average molecular weight is 286 g/mol. The van der Waals surface area contributed by atoms with Crippen molar-refractivity contribution in [2.24, 2.45) is 5.41 Å². The SMILES string of the molecule is CN(CC1CCCO1)C(=O)NC(CC(=O)O)C(C)(C)C. The van der Waals surface area contributed by atoms with E-state index in [0.717, 1.165) is 19.4 Å². The van der Waals surface area contributed by atoms with Gasteiger partial charge in [-0.05, 0) is 18.3 Å². The van der Waals surface area contributed by atoms with Gasteiger partial charge in [-0.2, -0.15) is 0 Å². The zero-order chi connectivity index (χ0) is 15.3. The first kappa shape index (κ1) is 16.8. The summed E-state index contributed by atoms with van der Waals surface area (Å²) in [6, 6.07) is -0.652. The lowest BCUT2D eigenvalue weighted by molar-refractivity contribution is -0.138. The predicted octanol–water partition coefficient (Wildman–Crippen LogP) is 1.70. The fraction of sp³-hybridized carbons (Fsp3) is 0.857. The Hall–Kier alpha value is -1.30. The van der Waals surface area contributed by atoms with Crippen LogP contribution in [0.5, 0.6) is 0 Å². The van der Waals surface area contributed by atoms with Crippen molar-refractivity contribution in [2.45, 2.75) is 52.2 Å². The number of rotatable bonds is 5. The number of ether oxygens (including phenoxy) is 1. The van der Waals surface area contributed by atoms with Crippen molar-refractivity contribution in [3.63, 3.8) is 0 Å². The van der Waals surface area contributed by atoms with E-state index in [1.807, 2.05) is 20.8 Å². The van der Waals surface area contributed by atoms with Gasteiger partial charge in [0.15, 0.2) is 0 Å². The van der Waals surface area contributed by atoms with Crippen LogP contribution in [0.4, 0.5) is 4.79 Å². The molecule has 1 heterocycles. The second-order valence-corrected chi connectivity index (χ2v) is 6.48. The standard InChI is InChI=1S/C14H26N2O4/c1-14(2,3)11(8-12(17)18)15-13(19)16(4)9-10-6-5-7-20-10/h10-11H,5-9H2,1-4H3,(H,15,19)(H,17,18). The van der Waals surface area contributed by atoms with Gasteiger partial charge in [-0.3, -0.25) is 4.79 Å². The fourth-order valence-corrected chi connectivity index (χ4v) is 2.18. The number of carboxylic acids is 1. The van der Waals surface area contributed by atoms with Crippen LogP contribution in [0.25, 0.3) is 0 Å². The zero-order valence-electron chi connectivity index (χ0n) is 12.8. The number of hydrogen-bond donors (Lipinski definition) is 2. The van der Waals surface area contributed by atoms with Crippen molar-refractivity contribution in [3.05, 3.63) is 0 Å². The molecule has 6 heteroatoms. The second-order valence-electron chi connectivity index (χ2n) is 6.48. The van der Waals surface area contributed by atoms with E-state index in [0.29, 0.717) is 6.54 Å². The topological polar surface area (TPSA) is 78.9 Å². The van der Waals surface area contributed by atoms with Crippen LogP contribution in [0.2, 0.25) is 0 Å². The maximum atomic E-state index is 12.1. The highest BCUT2D eigenvalue weighted by molar-refractivity contribution is 5.75. The minimum Gasteiger partial charge on any atom is -0.481 e. The summed E-state index contributed by atoms with van der Waals surface area (Å²) in [4.78, 5) is 24.6. The summed E-state index contributed by atoms with van der Waals surface area (Å²) in [6.45, 7) is 7.04. The van der Waals surface area contributed by atoms with Gasteiger partial charge in [0.2, 0.25) is 0 Å². The molecule has 0 aromatic carbocycles. The Kier molecular flexibility index (Phi) is 5.80. The number of likely N-dealkylation sites (N-methyl/N-ethyl adjacent to an activating group) is 1. The number of nitrogens with one attached hydrogen (secondary N) is 1. The molecule has 2 amide bonds. The van der Waals surface area contributed by atoms with Crippen molar-refractivity contribution in [1.82, 2.24) is 10.2 Å². The maximum Gasteiger partial charge on any atom is 0.317 e. The summed E-state index contributed by atoms with van der Waals surface area (Å²) in [5, 5.41) is 11.8. The number of carbonyl (C=O) groups excluding carboxylic acids is 1. The fourth-order valence-electron chi connectivity index (χ4n) is 2.18. The molecule has 0 radical (unpaired) electrons. The Morgan fingerprint density at radius 3 is 2.55 bits per heavy atom. The van der Waals surface area contributed by atoms with Crippen molar-refractivity contribution in [3.8, 4) is 0 Å². The van der Waals surface area contributed by atoms with E-state index < -0.39 is 12.0 Å². The molecule has 1 aliphatic rings. The molecule has 1 fully saturated rings. The van der Waals surface area contributed by atoms with Gasteiger partial charge in [-0.1, -0.05) is 20.8 Å². The third kappa shape index (κ3) is 5.36. The number of urea groups is 1. The van der Waals surface area contributed by atoms with Crippen LogP contribution in [0.1, 0.15) is 40.0 Å². The van der Waals surface area contributed by atoms with Crippen molar-refractivity contribution >= 4 is 12.0 Å². The Morgan fingerprint density at radius 1 is 1.45 bits per heavy atom. The molecule has 6 nitrogen and oxygen atoms in total. The summed E-state index contributed by atoms with van der Waals surface area (Å²) < 4.78 is 5.49. The van der Waals surface area contributed by atoms with Crippen LogP contribution in [-0.4, -0.2) is 54.4 Å². The third-order valence-corrected chi connectivity index (χ3v) is 3.57. The smallest absolute Gasteiger partial charge is 0.317 e. The summed E-state index contributed by atoms with van der Waals surface area (Å²) in [5.41, 5.74) is -0.307. The minimum atomic E-state index is -0.910. The van der Waals surface area contributed by atoms with E-state index in [1.54, 1.807) is 11.9 Å². The van der Waals surface area contributed by atoms with Crippen LogP contribution in [0.15, 0.2) is 0 Å². The molecule has 0 aliphatic carbocycles. The van der Waals surface area contributed by atoms with Crippen molar-refractivity contribution in [1.29, 1.82) is 0 Å². The molecular formula is C14H26N2O4. The normalized spacial score (nSPS) is 20.5. The Morgan fingerprint density at radius 2 is 2.10 bits per heavy atom. The van der Waals surface area contributed by atoms with E-state index in [1.165, 1.54) is 0 Å². The van der Waals surface area contributed by atoms with Gasteiger partial charge in [-0.25, -0.2) is 4.79 Å². The number of carboxylic acid groups (broad SMARTS) is 1. The average Bonchev–Trinajstić information content (AvgIpc) is 2.78. The van der Waals surface area contributed by atoms with Crippen LogP contribution < -0.4 is 5.32 Å². The van der Waals surface area contributed by atoms with Gasteiger partial charge in [0, 0.05) is 26.2 Å². The van der Waals surface area contributed by atoms with Gasteiger partial charge in [0.05, 0.1) is 12.5 Å². The van der Waals surface area contributed by atoms with Gasteiger partial charge < -0.3 is 20.1 Å². The van der Waals surface area contributed by atoms with Crippen LogP contribution >= 0.6 is 0 Å². The molecule has 0 bridgehead atoms. The van der Waals surface area contributed by atoms with Gasteiger partial charge in [0.1, 0.15) is 0 Å². The van der Waals surface area contributed by atoms with E-state index in [-0.39, 0.29) is 24.0 Å². The highest BCUT2D eigenvalue weighted by Gasteiger charge is 2.30. The summed E-state index contributed by atoms with van der Waals surface area (Å²) in [7, 11) is 1.71. The van der Waals surface area contributed by atoms with Crippen LogP contribution in [0.3, 0.4) is 0 Å². The Labute approximate surface area is 120 Å². The van der Waals surface area contributed by atoms with Gasteiger partial charge in [-0.15, -0.1) is 0 Å². The molecule has 1 aliphatic heterocycles. The summed E-state index contributed by atoms with van der Waals surface area (Å²) in [6.07, 6.45) is 2.01. The monoisotopic (exact) mass is 286 g/mol. The number of carbonyl (C=O) groups is 2. The first-order valence-electron chi connectivity index (χ1n) is 7.05. The zero-order valence-corrected chi connectivity index (χ0v) is 12.8. The predicted molar refractivity (Wildman–Crippen MR) is 75.6 cm³/mol. The first-order valence-corrected chi connectivity index (χ1v) is 7.05. The molecule has 0 spiro atoms. The molecule has 1 rings (SSSR count). The Balaban J connectivity index is 2.53. The first-order chi connectivity index (χ1) is 9.20. The van der Waals surface area contributed by atoms with E-state index in [9.17, 15) is 9.59 Å². The summed E-state index contributed by atoms with van der Waals surface area (Å²) in [5.74, 6) is -0.910. The second kappa shape index (κ2) is 6.92. The number of aliphatic carboxylic acids is 1. The molecule has 1 saturated heterocycles. The lowest BCUT2D eigenvalue weighted by Crippen LogP contribution is -2.50. The minimum absolute atomic E-state index is 0.0803. The number of amides is 2. The van der Waals surface area contributed by atoms with Gasteiger partial charge in [0.25, 0.3) is 0 Å². The highest BCUT2D eigenvalue weighted by Crippen LogP contribution is 2.22.